The fourth-order valence-corrected chi connectivity index (χ4v) is 2.12. The van der Waals surface area contributed by atoms with E-state index in [1.54, 1.807) is 12.1 Å². The molecule has 0 heterocycles. The van der Waals surface area contributed by atoms with Crippen LogP contribution < -0.4 is 0 Å². The molecule has 0 fully saturated rings. The maximum atomic E-state index is 13.5. The number of halogens is 1. The van der Waals surface area contributed by atoms with Crippen molar-refractivity contribution in [2.75, 3.05) is 0 Å². The number of rotatable bonds is 3. The van der Waals surface area contributed by atoms with E-state index in [9.17, 15) is 4.39 Å². The second-order valence-corrected chi connectivity index (χ2v) is 4.73. The van der Waals surface area contributed by atoms with Crippen LogP contribution in [0.5, 0.6) is 0 Å². The SMILES string of the molecule is CCc1c(C(C)C)cc(F)cc1C(C)C. The molecule has 0 unspecified atom stereocenters. The van der Waals surface area contributed by atoms with Gasteiger partial charge in [-0.3, -0.25) is 0 Å². The van der Waals surface area contributed by atoms with Crippen molar-refractivity contribution in [3.05, 3.63) is 34.6 Å². The largest absolute Gasteiger partial charge is 0.207 e. The lowest BCUT2D eigenvalue weighted by molar-refractivity contribution is 0.615. The predicted molar refractivity (Wildman–Crippen MR) is 64.0 cm³/mol. The molecular formula is C14H21F. The molecule has 0 amide bonds. The van der Waals surface area contributed by atoms with Crippen molar-refractivity contribution >= 4 is 0 Å². The van der Waals surface area contributed by atoms with Crippen LogP contribution in [0, 0.1) is 5.82 Å². The van der Waals surface area contributed by atoms with Crippen molar-refractivity contribution in [3.63, 3.8) is 0 Å². The van der Waals surface area contributed by atoms with Crippen molar-refractivity contribution < 1.29 is 4.39 Å². The molecule has 15 heavy (non-hydrogen) atoms. The lowest BCUT2D eigenvalue weighted by Crippen LogP contribution is -2.03. The normalized spacial score (nSPS) is 11.5. The van der Waals surface area contributed by atoms with Gasteiger partial charge < -0.3 is 0 Å². The third-order valence-electron chi connectivity index (χ3n) is 2.88. The average molecular weight is 208 g/mol. The zero-order chi connectivity index (χ0) is 11.6. The van der Waals surface area contributed by atoms with E-state index in [-0.39, 0.29) is 5.82 Å². The minimum Gasteiger partial charge on any atom is -0.207 e. The number of hydrogen-bond acceptors (Lipinski definition) is 0. The van der Waals surface area contributed by atoms with E-state index in [1.807, 2.05) is 0 Å². The molecule has 0 atom stereocenters. The quantitative estimate of drug-likeness (QED) is 0.679. The molecule has 0 bridgehead atoms. The fourth-order valence-electron chi connectivity index (χ4n) is 2.12. The van der Waals surface area contributed by atoms with E-state index in [4.69, 9.17) is 0 Å². The highest BCUT2D eigenvalue weighted by Gasteiger charge is 2.14. The van der Waals surface area contributed by atoms with Gasteiger partial charge in [-0.1, -0.05) is 34.6 Å². The molecule has 1 heteroatoms. The lowest BCUT2D eigenvalue weighted by Gasteiger charge is -2.18. The van der Waals surface area contributed by atoms with Gasteiger partial charge in [0.15, 0.2) is 0 Å². The standard InChI is InChI=1S/C14H21F/c1-6-12-13(9(2)3)7-11(15)8-14(12)10(4)5/h7-10H,6H2,1-5H3. The van der Waals surface area contributed by atoms with Gasteiger partial charge in [-0.15, -0.1) is 0 Å². The Morgan fingerprint density at radius 2 is 1.40 bits per heavy atom. The van der Waals surface area contributed by atoms with Crippen LogP contribution in [0.1, 0.15) is 63.1 Å². The summed E-state index contributed by atoms with van der Waals surface area (Å²) in [5.74, 6) is 0.695. The molecule has 1 rings (SSSR count). The van der Waals surface area contributed by atoms with Crippen LogP contribution in [0.15, 0.2) is 12.1 Å². The van der Waals surface area contributed by atoms with Crippen molar-refractivity contribution in [1.29, 1.82) is 0 Å². The van der Waals surface area contributed by atoms with E-state index in [0.29, 0.717) is 11.8 Å². The van der Waals surface area contributed by atoms with E-state index in [1.165, 1.54) is 16.7 Å². The zero-order valence-corrected chi connectivity index (χ0v) is 10.4. The molecule has 0 saturated heterocycles. The van der Waals surface area contributed by atoms with Crippen molar-refractivity contribution in [3.8, 4) is 0 Å². The Kier molecular flexibility index (Phi) is 3.90. The first kappa shape index (κ1) is 12.2. The minimum atomic E-state index is -0.0976. The summed E-state index contributed by atoms with van der Waals surface area (Å²) >= 11 is 0. The molecular weight excluding hydrogens is 187 g/mol. The van der Waals surface area contributed by atoms with Crippen LogP contribution >= 0.6 is 0 Å². The topological polar surface area (TPSA) is 0 Å². The minimum absolute atomic E-state index is 0.0976. The molecule has 0 aliphatic carbocycles. The van der Waals surface area contributed by atoms with Gasteiger partial charge in [0, 0.05) is 0 Å². The molecule has 0 aromatic heterocycles. The fraction of sp³-hybridized carbons (Fsp3) is 0.571. The van der Waals surface area contributed by atoms with Gasteiger partial charge in [0.05, 0.1) is 0 Å². The molecule has 1 aromatic rings. The second-order valence-electron chi connectivity index (χ2n) is 4.73. The van der Waals surface area contributed by atoms with Gasteiger partial charge >= 0.3 is 0 Å². The molecule has 0 spiro atoms. The Morgan fingerprint density at radius 1 is 1.00 bits per heavy atom. The summed E-state index contributed by atoms with van der Waals surface area (Å²) in [4.78, 5) is 0. The molecule has 0 N–H and O–H groups in total. The smallest absolute Gasteiger partial charge is 0.123 e. The Bertz CT molecular complexity index is 308. The summed E-state index contributed by atoms with van der Waals surface area (Å²) in [7, 11) is 0. The molecule has 1 aromatic carbocycles. The Hall–Kier alpha value is -0.850. The van der Waals surface area contributed by atoms with E-state index in [0.717, 1.165) is 6.42 Å². The van der Waals surface area contributed by atoms with E-state index < -0.39 is 0 Å². The lowest BCUT2D eigenvalue weighted by atomic mass is 9.87. The van der Waals surface area contributed by atoms with Crippen LogP contribution in [0.25, 0.3) is 0 Å². The first-order chi connectivity index (χ1) is 6.97. The highest BCUT2D eigenvalue weighted by molar-refractivity contribution is 5.39. The summed E-state index contributed by atoms with van der Waals surface area (Å²) in [5, 5.41) is 0. The summed E-state index contributed by atoms with van der Waals surface area (Å²) < 4.78 is 13.5. The molecule has 0 radical (unpaired) electrons. The van der Waals surface area contributed by atoms with Crippen molar-refractivity contribution in [2.24, 2.45) is 0 Å². The second kappa shape index (κ2) is 4.78. The van der Waals surface area contributed by atoms with Gasteiger partial charge in [-0.25, -0.2) is 4.39 Å². The molecule has 84 valence electrons. The molecule has 0 aliphatic rings. The molecule has 0 aliphatic heterocycles. The van der Waals surface area contributed by atoms with Gasteiger partial charge in [-0.05, 0) is 47.1 Å². The highest BCUT2D eigenvalue weighted by Crippen LogP contribution is 2.29. The summed E-state index contributed by atoms with van der Waals surface area (Å²) in [6.07, 6.45) is 0.987. The molecule has 0 nitrogen and oxygen atoms in total. The van der Waals surface area contributed by atoms with Crippen LogP contribution in [0.2, 0.25) is 0 Å². The summed E-state index contributed by atoms with van der Waals surface area (Å²) in [6.45, 7) is 10.6. The first-order valence-electron chi connectivity index (χ1n) is 5.79. The van der Waals surface area contributed by atoms with Crippen molar-refractivity contribution in [1.82, 2.24) is 0 Å². The maximum absolute atomic E-state index is 13.5. The van der Waals surface area contributed by atoms with Gasteiger partial charge in [0.2, 0.25) is 0 Å². The zero-order valence-electron chi connectivity index (χ0n) is 10.4. The monoisotopic (exact) mass is 208 g/mol. The predicted octanol–water partition coefficient (Wildman–Crippen LogP) is 4.63. The summed E-state index contributed by atoms with van der Waals surface area (Å²) in [5.41, 5.74) is 3.67. The Morgan fingerprint density at radius 3 is 1.67 bits per heavy atom. The Labute approximate surface area is 92.5 Å². The number of benzene rings is 1. The van der Waals surface area contributed by atoms with Gasteiger partial charge in [-0.2, -0.15) is 0 Å². The van der Waals surface area contributed by atoms with E-state index in [2.05, 4.69) is 34.6 Å². The van der Waals surface area contributed by atoms with Crippen LogP contribution in [0.3, 0.4) is 0 Å². The maximum Gasteiger partial charge on any atom is 0.123 e. The van der Waals surface area contributed by atoms with Crippen LogP contribution in [-0.2, 0) is 6.42 Å². The van der Waals surface area contributed by atoms with Crippen LogP contribution in [0.4, 0.5) is 4.39 Å². The first-order valence-corrected chi connectivity index (χ1v) is 5.79. The number of hydrogen-bond donors (Lipinski definition) is 0. The third-order valence-corrected chi connectivity index (χ3v) is 2.88. The summed E-state index contributed by atoms with van der Waals surface area (Å²) in [6, 6.07) is 3.38. The van der Waals surface area contributed by atoms with Gasteiger partial charge in [0.1, 0.15) is 5.82 Å². The average Bonchev–Trinajstić information content (AvgIpc) is 2.16. The Balaban J connectivity index is 3.38. The van der Waals surface area contributed by atoms with Crippen LogP contribution in [-0.4, -0.2) is 0 Å². The van der Waals surface area contributed by atoms with E-state index >= 15 is 0 Å². The van der Waals surface area contributed by atoms with Crippen molar-refractivity contribution in [2.45, 2.75) is 52.9 Å². The molecule has 0 saturated carbocycles. The third kappa shape index (κ3) is 2.58. The highest BCUT2D eigenvalue weighted by atomic mass is 19.1. The van der Waals surface area contributed by atoms with Gasteiger partial charge in [0.25, 0.3) is 0 Å².